The van der Waals surface area contributed by atoms with Gasteiger partial charge in [-0.15, -0.1) is 35.6 Å². The van der Waals surface area contributed by atoms with E-state index in [1.54, 1.807) is 0 Å². The number of benzene rings is 2. The fourth-order valence-corrected chi connectivity index (χ4v) is 3.76. The number of alkyl halides is 2. The molecule has 0 spiro atoms. The summed E-state index contributed by atoms with van der Waals surface area (Å²) in [5, 5.41) is 9.16. The summed E-state index contributed by atoms with van der Waals surface area (Å²) in [5.74, 6) is 2.90. The van der Waals surface area contributed by atoms with E-state index in [1.807, 2.05) is 69.3 Å². The van der Waals surface area contributed by atoms with Crippen LogP contribution in [0, 0.1) is 0 Å². The van der Waals surface area contributed by atoms with Crippen LogP contribution in [0.5, 0.6) is 11.5 Å². The summed E-state index contributed by atoms with van der Waals surface area (Å²) in [6, 6.07) is 15.8. The molecule has 11 heteroatoms. The van der Waals surface area contributed by atoms with Gasteiger partial charge >= 0.3 is 6.09 Å². The van der Waals surface area contributed by atoms with Crippen LogP contribution in [0.25, 0.3) is 0 Å². The second kappa shape index (κ2) is 22.7. The minimum absolute atomic E-state index is 0. The van der Waals surface area contributed by atoms with E-state index < -0.39 is 11.6 Å². The number of carboxylic acid groups (broad SMARTS) is 1. The van der Waals surface area contributed by atoms with E-state index >= 15 is 0 Å². The maximum Gasteiger partial charge on any atom is 0.407 e. The first-order chi connectivity index (χ1) is 18.7. The Bertz CT molecular complexity index is 896. The van der Waals surface area contributed by atoms with Crippen molar-refractivity contribution in [2.75, 3.05) is 64.5 Å². The summed E-state index contributed by atoms with van der Waals surface area (Å²) in [6.45, 7) is 9.36. The number of halogens is 3. The second-order valence-electron chi connectivity index (χ2n) is 9.48. The van der Waals surface area contributed by atoms with Crippen molar-refractivity contribution in [1.29, 1.82) is 0 Å². The van der Waals surface area contributed by atoms with E-state index in [0.29, 0.717) is 64.5 Å². The SMILES string of the molecule is CC(C)(C)N(CCOCCOc1ccc(CCCl)cc1)C(=O)O.Cl.NCCOCCOc1ccc(CCCl)cc1. The molecule has 2 rings (SSSR count). The molecule has 0 aliphatic heterocycles. The fourth-order valence-electron chi connectivity index (χ4n) is 3.32. The molecule has 0 atom stereocenters. The number of ether oxygens (including phenoxy) is 4. The lowest BCUT2D eigenvalue weighted by molar-refractivity contribution is 0.0513. The molecule has 8 nitrogen and oxygen atoms in total. The maximum atomic E-state index is 11.2. The van der Waals surface area contributed by atoms with E-state index in [1.165, 1.54) is 16.0 Å². The summed E-state index contributed by atoms with van der Waals surface area (Å²) in [5.41, 5.74) is 7.26. The van der Waals surface area contributed by atoms with Crippen molar-refractivity contribution in [3.8, 4) is 11.5 Å². The van der Waals surface area contributed by atoms with Crippen molar-refractivity contribution >= 4 is 41.7 Å². The molecular formula is C29H45Cl3N2O6. The van der Waals surface area contributed by atoms with Crippen LogP contribution in [0.1, 0.15) is 31.9 Å². The van der Waals surface area contributed by atoms with Gasteiger partial charge < -0.3 is 34.7 Å². The summed E-state index contributed by atoms with van der Waals surface area (Å²) < 4.78 is 21.7. The highest BCUT2D eigenvalue weighted by Gasteiger charge is 2.25. The van der Waals surface area contributed by atoms with Crippen LogP contribution in [-0.4, -0.2) is 86.1 Å². The molecule has 0 aromatic heterocycles. The summed E-state index contributed by atoms with van der Waals surface area (Å²) in [4.78, 5) is 12.5. The number of aryl methyl sites for hydroxylation is 2. The predicted molar refractivity (Wildman–Crippen MR) is 165 cm³/mol. The molecule has 1 amide bonds. The zero-order valence-electron chi connectivity index (χ0n) is 23.8. The van der Waals surface area contributed by atoms with Crippen LogP contribution in [0.4, 0.5) is 4.79 Å². The van der Waals surface area contributed by atoms with Crippen LogP contribution < -0.4 is 15.2 Å². The van der Waals surface area contributed by atoms with Gasteiger partial charge in [-0.1, -0.05) is 24.3 Å². The van der Waals surface area contributed by atoms with E-state index in [9.17, 15) is 4.79 Å². The molecule has 0 heterocycles. The van der Waals surface area contributed by atoms with Crippen molar-refractivity contribution in [3.63, 3.8) is 0 Å². The highest BCUT2D eigenvalue weighted by molar-refractivity contribution is 6.18. The van der Waals surface area contributed by atoms with Crippen LogP contribution in [-0.2, 0) is 22.3 Å². The molecule has 2 aromatic rings. The molecular weight excluding hydrogens is 579 g/mol. The van der Waals surface area contributed by atoms with Gasteiger partial charge in [0.05, 0.1) is 26.4 Å². The predicted octanol–water partition coefficient (Wildman–Crippen LogP) is 5.89. The molecule has 0 saturated carbocycles. The van der Waals surface area contributed by atoms with Crippen LogP contribution in [0.15, 0.2) is 48.5 Å². The number of hydrogen-bond donors (Lipinski definition) is 2. The monoisotopic (exact) mass is 622 g/mol. The largest absolute Gasteiger partial charge is 0.491 e. The van der Waals surface area contributed by atoms with Gasteiger partial charge in [0.1, 0.15) is 24.7 Å². The third kappa shape index (κ3) is 17.7. The Morgan fingerprint density at radius 3 is 1.55 bits per heavy atom. The maximum absolute atomic E-state index is 11.2. The van der Waals surface area contributed by atoms with Crippen molar-refractivity contribution in [2.24, 2.45) is 5.73 Å². The van der Waals surface area contributed by atoms with E-state index in [-0.39, 0.29) is 12.4 Å². The molecule has 2 aromatic carbocycles. The normalized spacial score (nSPS) is 10.7. The number of hydrogen-bond acceptors (Lipinski definition) is 6. The minimum Gasteiger partial charge on any atom is -0.491 e. The molecule has 0 fully saturated rings. The molecule has 0 radical (unpaired) electrons. The highest BCUT2D eigenvalue weighted by Crippen LogP contribution is 2.14. The third-order valence-corrected chi connectivity index (χ3v) is 5.75. The average molecular weight is 624 g/mol. The van der Waals surface area contributed by atoms with Gasteiger partial charge in [-0.3, -0.25) is 0 Å². The summed E-state index contributed by atoms with van der Waals surface area (Å²) in [7, 11) is 0. The first-order valence-electron chi connectivity index (χ1n) is 13.1. The Morgan fingerprint density at radius 2 is 1.20 bits per heavy atom. The lowest BCUT2D eigenvalue weighted by atomic mass is 10.1. The fraction of sp³-hybridized carbons (Fsp3) is 0.552. The number of rotatable bonds is 17. The van der Waals surface area contributed by atoms with Crippen LogP contribution >= 0.6 is 35.6 Å². The van der Waals surface area contributed by atoms with Gasteiger partial charge in [0.25, 0.3) is 0 Å². The number of nitrogens with two attached hydrogens (primary N) is 1. The molecule has 0 saturated heterocycles. The van der Waals surface area contributed by atoms with E-state index in [2.05, 4.69) is 0 Å². The van der Waals surface area contributed by atoms with Gasteiger partial charge in [-0.25, -0.2) is 4.79 Å². The van der Waals surface area contributed by atoms with Gasteiger partial charge in [-0.2, -0.15) is 0 Å². The molecule has 0 aliphatic rings. The molecule has 40 heavy (non-hydrogen) atoms. The van der Waals surface area contributed by atoms with Crippen LogP contribution in [0.2, 0.25) is 0 Å². The Morgan fingerprint density at radius 1 is 0.775 bits per heavy atom. The smallest absolute Gasteiger partial charge is 0.407 e. The van der Waals surface area contributed by atoms with Gasteiger partial charge in [0, 0.05) is 30.4 Å². The van der Waals surface area contributed by atoms with Gasteiger partial charge in [0.15, 0.2) is 0 Å². The van der Waals surface area contributed by atoms with Crippen molar-refractivity contribution < 1.29 is 28.8 Å². The lowest BCUT2D eigenvalue weighted by Crippen LogP contribution is -2.46. The molecule has 3 N–H and O–H groups in total. The number of amides is 1. The van der Waals surface area contributed by atoms with Crippen molar-refractivity contribution in [1.82, 2.24) is 4.90 Å². The molecule has 228 valence electrons. The Labute approximate surface area is 255 Å². The van der Waals surface area contributed by atoms with Gasteiger partial charge in [0.2, 0.25) is 0 Å². The number of nitrogens with zero attached hydrogens (tertiary/aromatic N) is 1. The first-order valence-corrected chi connectivity index (χ1v) is 14.2. The molecule has 0 unspecified atom stereocenters. The molecule has 0 bridgehead atoms. The summed E-state index contributed by atoms with van der Waals surface area (Å²) >= 11 is 11.3. The Balaban J connectivity index is 0.000000788. The highest BCUT2D eigenvalue weighted by atomic mass is 35.5. The Hall–Kier alpha value is -1.94. The minimum atomic E-state index is -0.936. The van der Waals surface area contributed by atoms with E-state index in [0.717, 1.165) is 24.3 Å². The van der Waals surface area contributed by atoms with Crippen molar-refractivity contribution in [2.45, 2.75) is 39.2 Å². The second-order valence-corrected chi connectivity index (χ2v) is 10.2. The zero-order valence-corrected chi connectivity index (χ0v) is 26.1. The van der Waals surface area contributed by atoms with Crippen molar-refractivity contribution in [3.05, 3.63) is 59.7 Å². The molecule has 0 aliphatic carbocycles. The van der Waals surface area contributed by atoms with E-state index in [4.69, 9.17) is 53.0 Å². The quantitative estimate of drug-likeness (QED) is 0.167. The standard InChI is InChI=1S/C17H26ClNO4.C12H18ClNO2.ClH/c1-17(2,3)19(16(20)21)10-11-22-12-13-23-15-6-4-14(5-7-15)8-9-18;13-6-5-11-1-3-12(4-2-11)16-10-9-15-8-7-14;/h4-7H,8-13H2,1-3H3,(H,20,21);1-4H,5-10,14H2;1H. The Kier molecular flexibility index (Phi) is 21.6. The number of carbonyl (C=O) groups is 1. The zero-order chi connectivity index (χ0) is 28.9. The lowest BCUT2D eigenvalue weighted by Gasteiger charge is -2.32. The first kappa shape index (κ1) is 38.1. The summed E-state index contributed by atoms with van der Waals surface area (Å²) in [6.07, 6.45) is 0.801. The third-order valence-electron chi connectivity index (χ3n) is 5.37. The van der Waals surface area contributed by atoms with Gasteiger partial charge in [-0.05, 0) is 69.0 Å². The van der Waals surface area contributed by atoms with Crippen LogP contribution in [0.3, 0.4) is 0 Å². The average Bonchev–Trinajstić information content (AvgIpc) is 2.90. The topological polar surface area (TPSA) is 103 Å².